The largest absolute Gasteiger partial charge is 0.506 e. The van der Waals surface area contributed by atoms with Gasteiger partial charge in [-0.1, -0.05) is 75.7 Å². The van der Waals surface area contributed by atoms with Gasteiger partial charge in [0.1, 0.15) is 60.4 Å². The van der Waals surface area contributed by atoms with E-state index in [-0.39, 0.29) is 61.6 Å². The number of hydrogen-bond donors (Lipinski definition) is 8. The van der Waals surface area contributed by atoms with Gasteiger partial charge in [-0.25, -0.2) is 4.79 Å². The maximum absolute atomic E-state index is 15.0. The summed E-state index contributed by atoms with van der Waals surface area (Å²) in [7, 11) is 1.33. The van der Waals surface area contributed by atoms with Crippen molar-refractivity contribution in [2.45, 2.75) is 141 Å². The van der Waals surface area contributed by atoms with Crippen LogP contribution in [-0.2, 0) is 60.7 Å². The van der Waals surface area contributed by atoms with Crippen molar-refractivity contribution >= 4 is 64.8 Å². The van der Waals surface area contributed by atoms with Gasteiger partial charge in [-0.15, -0.1) is 0 Å². The molecule has 2 aliphatic rings. The molecule has 2 aromatic rings. The molecule has 2 fully saturated rings. The van der Waals surface area contributed by atoms with Crippen LogP contribution in [0.3, 0.4) is 0 Å². The monoisotopic (exact) mass is 954 g/mol. The average Bonchev–Trinajstić information content (AvgIpc) is 3.25. The number of piperidine rings is 1. The quantitative estimate of drug-likeness (QED) is 0.126. The van der Waals surface area contributed by atoms with Crippen molar-refractivity contribution in [1.82, 2.24) is 36.4 Å². The second-order valence-electron chi connectivity index (χ2n) is 17.8. The van der Waals surface area contributed by atoms with Gasteiger partial charge in [0.2, 0.25) is 47.3 Å². The van der Waals surface area contributed by atoms with E-state index in [1.165, 1.54) is 32.2 Å². The SMILES string of the molecule is CC(=O)N[C@@H](CCC(N)=O)C(=O)N[C@@H]1C(=O)N[C@@H](CC(C)C)C(=O)N[C@H]2CC[C@@H](O)N(C2=O)[C@@H](Cc2ccccc2)C(=O)N(C)[C@@H](Cc2ccc(O)c(Cl)c2)C(=O)N[C@@H](C(C)C)C(=O)O[C@@H]1C. The third kappa shape index (κ3) is 14.6. The van der Waals surface area contributed by atoms with E-state index < -0.39 is 114 Å². The second-order valence-corrected chi connectivity index (χ2v) is 18.2. The minimum atomic E-state index is -1.76. The molecule has 9 atom stereocenters. The summed E-state index contributed by atoms with van der Waals surface area (Å²) in [6.45, 7) is 9.17. The zero-order chi connectivity index (χ0) is 49.9. The number of halogens is 1. The summed E-state index contributed by atoms with van der Waals surface area (Å²) in [6, 6.07) is 2.74. The van der Waals surface area contributed by atoms with Crippen LogP contribution in [0.1, 0.15) is 84.8 Å². The molecule has 21 heteroatoms. The molecule has 2 saturated heterocycles. The standard InChI is InChI=1S/C46H63ClN8O12/c1-23(2)19-32-41(61)50-31-15-18-37(59)55(44(31)64)34(21-27-11-9-8-10-12-27)45(65)54(7)33(22-28-13-16-35(57)29(47)20-28)42(62)52-38(24(3)4)46(66)67-25(5)39(43(63)51-32)53-40(60)30(49-26(6)56)14-17-36(48)58/h8-13,16,20,23-25,30-34,37-39,57,59H,14-15,17-19,21-22H2,1-7H3,(H2,48,58)(H,49,56)(H,50,61)(H,51,63)(H,52,62)(H,53,60)/t25-,30+,31+,32+,33+,34+,37-,38+,39+/m1/s1. The van der Waals surface area contributed by atoms with E-state index in [0.29, 0.717) is 11.1 Å². The number of aliphatic hydroxyl groups is 1. The van der Waals surface area contributed by atoms with Gasteiger partial charge < -0.3 is 57.1 Å². The molecule has 8 amide bonds. The van der Waals surface area contributed by atoms with E-state index in [4.69, 9.17) is 22.1 Å². The molecule has 0 saturated carbocycles. The maximum Gasteiger partial charge on any atom is 0.329 e. The Morgan fingerprint density at radius 3 is 2.13 bits per heavy atom. The molecular formula is C46H63ClN8O12. The molecule has 9 N–H and O–H groups in total. The van der Waals surface area contributed by atoms with Crippen LogP contribution in [0, 0.1) is 11.8 Å². The van der Waals surface area contributed by atoms with Crippen LogP contribution >= 0.6 is 11.6 Å². The fourth-order valence-corrected chi connectivity index (χ4v) is 8.20. The summed E-state index contributed by atoms with van der Waals surface area (Å²) >= 11 is 6.26. The van der Waals surface area contributed by atoms with Gasteiger partial charge >= 0.3 is 5.97 Å². The number of rotatable bonds is 13. The fraction of sp³-hybridized carbons (Fsp3) is 0.543. The summed E-state index contributed by atoms with van der Waals surface area (Å²) in [5.41, 5.74) is 6.30. The Kier molecular flexibility index (Phi) is 19.1. The number of likely N-dealkylation sites (N-methyl/N-ethyl adjacent to an activating group) is 1. The number of hydrogen-bond acceptors (Lipinski definition) is 12. The Hall–Kier alpha value is -6.28. The van der Waals surface area contributed by atoms with E-state index in [1.54, 1.807) is 58.0 Å². The highest BCUT2D eigenvalue weighted by molar-refractivity contribution is 6.32. The van der Waals surface area contributed by atoms with E-state index in [1.807, 2.05) is 0 Å². The van der Waals surface area contributed by atoms with Crippen LogP contribution in [0.4, 0.5) is 0 Å². The molecule has 0 spiro atoms. The third-order valence-electron chi connectivity index (χ3n) is 11.6. The zero-order valence-electron chi connectivity index (χ0n) is 38.7. The minimum Gasteiger partial charge on any atom is -0.506 e. The van der Waals surface area contributed by atoms with E-state index in [2.05, 4.69) is 26.6 Å². The Morgan fingerprint density at radius 1 is 0.881 bits per heavy atom. The number of aromatic hydroxyl groups is 1. The summed E-state index contributed by atoms with van der Waals surface area (Å²) in [4.78, 5) is 127. The number of aliphatic hydroxyl groups excluding tert-OH is 1. The van der Waals surface area contributed by atoms with Crippen LogP contribution in [0.2, 0.25) is 5.02 Å². The third-order valence-corrected chi connectivity index (χ3v) is 11.9. The number of carbonyl (C=O) groups is 9. The number of phenolic OH excluding ortho intramolecular Hbond substituents is 1. The maximum atomic E-state index is 15.0. The molecule has 2 aliphatic heterocycles. The first kappa shape index (κ1) is 53.3. The van der Waals surface area contributed by atoms with Crippen molar-refractivity contribution in [3.05, 3.63) is 64.7 Å². The lowest BCUT2D eigenvalue weighted by Gasteiger charge is -2.43. The molecule has 0 aliphatic carbocycles. The second kappa shape index (κ2) is 24.0. The lowest BCUT2D eigenvalue weighted by atomic mass is 9.95. The highest BCUT2D eigenvalue weighted by Crippen LogP contribution is 2.27. The van der Waals surface area contributed by atoms with Gasteiger partial charge in [0.05, 0.1) is 5.02 Å². The lowest BCUT2D eigenvalue weighted by Crippen LogP contribution is -2.65. The normalized spacial score (nSPS) is 25.2. The van der Waals surface area contributed by atoms with Crippen LogP contribution in [0.15, 0.2) is 48.5 Å². The summed E-state index contributed by atoms with van der Waals surface area (Å²) in [5.74, 6) is -8.87. The summed E-state index contributed by atoms with van der Waals surface area (Å²) in [6.07, 6.45) is -4.10. The smallest absolute Gasteiger partial charge is 0.329 e. The predicted molar refractivity (Wildman–Crippen MR) is 243 cm³/mol. The molecule has 0 unspecified atom stereocenters. The van der Waals surface area contributed by atoms with Gasteiger partial charge in [-0.05, 0) is 67.7 Å². The number of nitrogens with two attached hydrogens (primary N) is 1. The molecule has 0 radical (unpaired) electrons. The Morgan fingerprint density at radius 2 is 1.54 bits per heavy atom. The lowest BCUT2D eigenvalue weighted by molar-refractivity contribution is -0.165. The highest BCUT2D eigenvalue weighted by Gasteiger charge is 2.46. The molecule has 2 heterocycles. The molecule has 2 bridgehead atoms. The van der Waals surface area contributed by atoms with Crippen molar-refractivity contribution in [3.63, 3.8) is 0 Å². The molecule has 2 aromatic carbocycles. The number of carbonyl (C=O) groups excluding carboxylic acids is 9. The highest BCUT2D eigenvalue weighted by atomic mass is 35.5. The number of amides is 8. The van der Waals surface area contributed by atoms with Crippen molar-refractivity contribution in [1.29, 1.82) is 0 Å². The van der Waals surface area contributed by atoms with Gasteiger partial charge in [0.25, 0.3) is 0 Å². The van der Waals surface area contributed by atoms with E-state index >= 15 is 4.79 Å². The number of ether oxygens (including phenoxy) is 1. The number of phenols is 1. The molecular weight excluding hydrogens is 892 g/mol. The number of esters is 1. The van der Waals surface area contributed by atoms with E-state index in [0.717, 1.165) is 16.7 Å². The number of primary amides is 1. The van der Waals surface area contributed by atoms with Crippen molar-refractivity contribution in [3.8, 4) is 5.75 Å². The molecule has 366 valence electrons. The van der Waals surface area contributed by atoms with Crippen molar-refractivity contribution in [2.75, 3.05) is 7.05 Å². The van der Waals surface area contributed by atoms with Crippen LogP contribution in [0.25, 0.3) is 0 Å². The Labute approximate surface area is 394 Å². The van der Waals surface area contributed by atoms with Crippen LogP contribution < -0.4 is 32.3 Å². The molecule has 4 rings (SSSR count). The topological polar surface area (TPSA) is 296 Å². The first-order valence-electron chi connectivity index (χ1n) is 22.2. The predicted octanol–water partition coefficient (Wildman–Crippen LogP) is 0.324. The van der Waals surface area contributed by atoms with E-state index in [9.17, 15) is 48.6 Å². The van der Waals surface area contributed by atoms with Gasteiger partial charge in [-0.2, -0.15) is 0 Å². The van der Waals surface area contributed by atoms with Gasteiger partial charge in [-0.3, -0.25) is 38.4 Å². The minimum absolute atomic E-state index is 0.0157. The zero-order valence-corrected chi connectivity index (χ0v) is 39.5. The Balaban J connectivity index is 1.89. The first-order valence-corrected chi connectivity index (χ1v) is 22.6. The van der Waals surface area contributed by atoms with Crippen molar-refractivity contribution < 1.29 is 58.1 Å². The number of benzene rings is 2. The molecule has 20 nitrogen and oxygen atoms in total. The van der Waals surface area contributed by atoms with Crippen LogP contribution in [-0.4, -0.2) is 135 Å². The molecule has 0 aromatic heterocycles. The number of fused-ring (bicyclic) bond motifs is 2. The average molecular weight is 956 g/mol. The van der Waals surface area contributed by atoms with Crippen molar-refractivity contribution in [2.24, 2.45) is 17.6 Å². The number of cyclic esters (lactones) is 1. The van der Waals surface area contributed by atoms with Gasteiger partial charge in [0.15, 0.2) is 0 Å². The first-order chi connectivity index (χ1) is 31.5. The van der Waals surface area contributed by atoms with Crippen LogP contribution in [0.5, 0.6) is 5.75 Å². The van der Waals surface area contributed by atoms with Gasteiger partial charge in [0, 0.05) is 33.2 Å². The summed E-state index contributed by atoms with van der Waals surface area (Å²) in [5, 5.41) is 34.6. The number of nitrogens with zero attached hydrogens (tertiary/aromatic N) is 2. The molecule has 67 heavy (non-hydrogen) atoms. The number of nitrogens with one attached hydrogen (secondary N) is 5. The Bertz CT molecular complexity index is 2160. The fourth-order valence-electron chi connectivity index (χ4n) is 8.00. The summed E-state index contributed by atoms with van der Waals surface area (Å²) < 4.78 is 5.82.